The average Bonchev–Trinajstić information content (AvgIpc) is 3.27. The molecule has 0 bridgehead atoms. The first-order valence-electron chi connectivity index (χ1n) is 13.3. The Labute approximate surface area is 256 Å². The third-order valence-corrected chi connectivity index (χ3v) is 10.1. The second-order valence-electron chi connectivity index (χ2n) is 11.7. The van der Waals surface area contributed by atoms with Gasteiger partial charge in [-0.15, -0.1) is 12.8 Å². The summed E-state index contributed by atoms with van der Waals surface area (Å²) >= 11 is 0. The van der Waals surface area contributed by atoms with E-state index in [4.69, 9.17) is 12.8 Å². The quantitative estimate of drug-likeness (QED) is 0.187. The second kappa shape index (κ2) is 10.0. The van der Waals surface area contributed by atoms with E-state index in [1.165, 1.54) is 48.6 Å². The number of fused-ring (bicyclic) bond motifs is 2. The molecule has 0 amide bonds. The summed E-state index contributed by atoms with van der Waals surface area (Å²) in [5, 5.41) is 11.2. The molecule has 2 aromatic rings. The number of aliphatic hydroxyl groups excluding tert-OH is 1. The maximum absolute atomic E-state index is 13.5. The number of Topliss-reactive ketones (excluding diaryl/α,β-unsaturated/α-hetero) is 1. The largest absolute Gasteiger partial charge is 0.506 e. The summed E-state index contributed by atoms with van der Waals surface area (Å²) in [7, 11) is -8.95. The van der Waals surface area contributed by atoms with E-state index in [9.17, 15) is 35.8 Å². The number of ketones is 1. The van der Waals surface area contributed by atoms with Gasteiger partial charge in [-0.3, -0.25) is 13.9 Å². The van der Waals surface area contributed by atoms with Crippen molar-refractivity contribution in [1.82, 2.24) is 0 Å². The van der Waals surface area contributed by atoms with E-state index in [-0.39, 0.29) is 39.8 Å². The predicted octanol–water partition coefficient (Wildman–Crippen LogP) is 3.83. The summed E-state index contributed by atoms with van der Waals surface area (Å²) in [6.45, 7) is 7.43. The molecule has 2 aromatic carbocycles. The van der Waals surface area contributed by atoms with Gasteiger partial charge in [0, 0.05) is 34.5 Å². The number of rotatable bonds is 6. The SMILES string of the molecule is C#CCN1/C(=C/C2=C(O)C(=C\C3=[N+](CC#C)c4ccc(S(=O)(=O)O)cc4C3(C)C)/C2=O)C(C)(C)c2cc(S(=O)(=O)O)ccc21. The first-order valence-corrected chi connectivity index (χ1v) is 16.2. The number of anilines is 1. The number of hydrogen-bond donors (Lipinski definition) is 3. The lowest BCUT2D eigenvalue weighted by Gasteiger charge is -2.28. The molecule has 2 aliphatic heterocycles. The molecule has 10 nitrogen and oxygen atoms in total. The molecule has 226 valence electrons. The number of terminal acetylenes is 2. The molecule has 12 heteroatoms. The van der Waals surface area contributed by atoms with Crippen molar-refractivity contribution in [3.8, 4) is 24.7 Å². The summed E-state index contributed by atoms with van der Waals surface area (Å²) in [6, 6.07) is 8.32. The Morgan fingerprint density at radius 3 is 2.02 bits per heavy atom. The molecule has 1 aliphatic carbocycles. The van der Waals surface area contributed by atoms with Gasteiger partial charge in [-0.2, -0.15) is 21.4 Å². The first kappa shape index (κ1) is 31.0. The van der Waals surface area contributed by atoms with Gasteiger partial charge in [-0.25, -0.2) is 0 Å². The summed E-state index contributed by atoms with van der Waals surface area (Å²) in [6.07, 6.45) is 14.3. The smallest absolute Gasteiger partial charge is 0.294 e. The van der Waals surface area contributed by atoms with Crippen LogP contribution in [0.25, 0.3) is 0 Å². The summed E-state index contributed by atoms with van der Waals surface area (Å²) in [4.78, 5) is 14.7. The van der Waals surface area contributed by atoms with Crippen LogP contribution in [0.3, 0.4) is 0 Å². The molecule has 0 radical (unpaired) electrons. The highest BCUT2D eigenvalue weighted by molar-refractivity contribution is 7.86. The maximum Gasteiger partial charge on any atom is 0.294 e. The van der Waals surface area contributed by atoms with Crippen LogP contribution >= 0.6 is 0 Å². The zero-order chi connectivity index (χ0) is 32.6. The zero-order valence-corrected chi connectivity index (χ0v) is 25.9. The number of carbonyl (C=O) groups is 1. The lowest BCUT2D eigenvalue weighted by atomic mass is 9.77. The first-order chi connectivity index (χ1) is 20.3. The topological polar surface area (TPSA) is 152 Å². The number of allylic oxidation sites excluding steroid dienone is 5. The van der Waals surface area contributed by atoms with E-state index in [2.05, 4.69) is 11.8 Å². The van der Waals surface area contributed by atoms with E-state index < -0.39 is 36.8 Å². The molecular formula is C32H29N2O8S2+. The van der Waals surface area contributed by atoms with Crippen LogP contribution in [0.4, 0.5) is 11.4 Å². The van der Waals surface area contributed by atoms with Crippen LogP contribution in [0.15, 0.2) is 80.9 Å². The Balaban J connectivity index is 1.61. The van der Waals surface area contributed by atoms with E-state index in [0.717, 1.165) is 0 Å². The lowest BCUT2D eigenvalue weighted by Crippen LogP contribution is -2.32. The third-order valence-electron chi connectivity index (χ3n) is 8.38. The Morgan fingerprint density at radius 1 is 0.886 bits per heavy atom. The van der Waals surface area contributed by atoms with Gasteiger partial charge < -0.3 is 10.0 Å². The van der Waals surface area contributed by atoms with Gasteiger partial charge in [-0.05, 0) is 61.7 Å². The van der Waals surface area contributed by atoms with Crippen LogP contribution in [0.5, 0.6) is 0 Å². The molecule has 44 heavy (non-hydrogen) atoms. The Morgan fingerprint density at radius 2 is 1.48 bits per heavy atom. The molecule has 0 fully saturated rings. The van der Waals surface area contributed by atoms with Crippen molar-refractivity contribution >= 4 is 43.1 Å². The van der Waals surface area contributed by atoms with Gasteiger partial charge in [0.05, 0.1) is 32.9 Å². The highest BCUT2D eigenvalue weighted by Gasteiger charge is 2.48. The van der Waals surface area contributed by atoms with Crippen molar-refractivity contribution in [3.63, 3.8) is 0 Å². The van der Waals surface area contributed by atoms with Gasteiger partial charge in [0.2, 0.25) is 18.0 Å². The molecule has 0 aromatic heterocycles. The summed E-state index contributed by atoms with van der Waals surface area (Å²) in [5.41, 5.74) is 1.73. The van der Waals surface area contributed by atoms with Crippen LogP contribution in [0.2, 0.25) is 0 Å². The van der Waals surface area contributed by atoms with Crippen LogP contribution < -0.4 is 4.90 Å². The van der Waals surface area contributed by atoms with Crippen molar-refractivity contribution in [2.75, 3.05) is 18.0 Å². The average molecular weight is 634 g/mol. The number of carbonyl (C=O) groups excluding carboxylic acids is 1. The number of hydrogen-bond acceptors (Lipinski definition) is 7. The minimum absolute atomic E-state index is 0.0234. The summed E-state index contributed by atoms with van der Waals surface area (Å²) < 4.78 is 68.2. The minimum Gasteiger partial charge on any atom is -0.506 e. The van der Waals surface area contributed by atoms with Crippen LogP contribution in [0, 0.1) is 24.7 Å². The normalized spacial score (nSPS) is 20.5. The van der Waals surface area contributed by atoms with Gasteiger partial charge in [-0.1, -0.05) is 19.8 Å². The van der Waals surface area contributed by atoms with Crippen molar-refractivity contribution in [3.05, 3.63) is 82.3 Å². The molecule has 0 saturated heterocycles. The fraction of sp³-hybridized carbons (Fsp3) is 0.250. The fourth-order valence-electron chi connectivity index (χ4n) is 6.06. The molecule has 0 unspecified atom stereocenters. The van der Waals surface area contributed by atoms with Gasteiger partial charge >= 0.3 is 0 Å². The Bertz CT molecular complexity index is 2120. The van der Waals surface area contributed by atoms with E-state index in [1.807, 2.05) is 27.7 Å². The van der Waals surface area contributed by atoms with Crippen LogP contribution in [0.1, 0.15) is 38.8 Å². The third kappa shape index (κ3) is 4.68. The molecule has 5 rings (SSSR count). The second-order valence-corrected chi connectivity index (χ2v) is 14.5. The Kier molecular flexibility index (Phi) is 7.07. The monoisotopic (exact) mass is 633 g/mol. The molecule has 0 atom stereocenters. The Hall–Kier alpha value is -4.46. The predicted molar refractivity (Wildman–Crippen MR) is 164 cm³/mol. The molecule has 3 N–H and O–H groups in total. The number of benzene rings is 2. The van der Waals surface area contributed by atoms with Crippen molar-refractivity contribution in [2.24, 2.45) is 0 Å². The highest BCUT2D eigenvalue weighted by Crippen LogP contribution is 2.50. The zero-order valence-electron chi connectivity index (χ0n) is 24.3. The molecule has 0 spiro atoms. The van der Waals surface area contributed by atoms with Crippen molar-refractivity contribution in [1.29, 1.82) is 0 Å². The standard InChI is InChI=1S/C32H28N2O8S2/c1-7-13-33-25-11-9-19(43(37,38)39)15-23(25)31(3,4)27(33)17-21-29(35)22(30(21)36)18-28-32(5,6)24-16-20(44(40,41)42)10-12-26(24)34(28)14-8-2/h1-2,9-12,15-18H,13-14H2,3-6H3,(H2-,35,36,37,38,39,40,41,42)/p+1. The van der Waals surface area contributed by atoms with E-state index >= 15 is 0 Å². The van der Waals surface area contributed by atoms with Gasteiger partial charge in [0.15, 0.2) is 5.71 Å². The van der Waals surface area contributed by atoms with Crippen LogP contribution in [-0.2, 0) is 35.9 Å². The van der Waals surface area contributed by atoms with E-state index in [0.29, 0.717) is 33.9 Å². The fourth-order valence-corrected chi connectivity index (χ4v) is 7.07. The molecule has 2 heterocycles. The molecule has 0 saturated carbocycles. The molecule has 3 aliphatic rings. The highest BCUT2D eigenvalue weighted by atomic mass is 32.2. The summed E-state index contributed by atoms with van der Waals surface area (Å²) in [5.74, 6) is 4.40. The van der Waals surface area contributed by atoms with Gasteiger partial charge in [0.25, 0.3) is 20.2 Å². The molecular weight excluding hydrogens is 604 g/mol. The minimum atomic E-state index is -4.47. The lowest BCUT2D eigenvalue weighted by molar-refractivity contribution is -0.422. The van der Waals surface area contributed by atoms with Crippen molar-refractivity contribution in [2.45, 2.75) is 48.3 Å². The van der Waals surface area contributed by atoms with Crippen LogP contribution in [-0.4, -0.2) is 60.2 Å². The van der Waals surface area contributed by atoms with Gasteiger partial charge in [0.1, 0.15) is 5.76 Å². The number of aliphatic hydroxyl groups is 1. The van der Waals surface area contributed by atoms with E-state index in [1.54, 1.807) is 9.48 Å². The maximum atomic E-state index is 13.5. The number of nitrogens with zero attached hydrogens (tertiary/aromatic N) is 2. The van der Waals surface area contributed by atoms with Crippen molar-refractivity contribution < 1.29 is 40.4 Å².